The summed E-state index contributed by atoms with van der Waals surface area (Å²) in [6, 6.07) is 10.6. The van der Waals surface area contributed by atoms with Gasteiger partial charge in [0.15, 0.2) is 0 Å². The van der Waals surface area contributed by atoms with E-state index in [1.807, 2.05) is 29.8 Å². The minimum atomic E-state index is 0.200. The highest BCUT2D eigenvalue weighted by atomic mass is 16.3. The van der Waals surface area contributed by atoms with Crippen LogP contribution in [0.15, 0.2) is 36.7 Å². The van der Waals surface area contributed by atoms with Crippen LogP contribution in [0.3, 0.4) is 0 Å². The molecule has 0 aliphatic heterocycles. The summed E-state index contributed by atoms with van der Waals surface area (Å²) in [6.45, 7) is 3.90. The monoisotopic (exact) mass is 274 g/mol. The molecule has 20 heavy (non-hydrogen) atoms. The maximum atomic E-state index is 9.17. The largest absolute Gasteiger partial charge is 0.396 e. The van der Waals surface area contributed by atoms with Crippen LogP contribution < -0.4 is 0 Å². The fraction of sp³-hybridized carbons (Fsp3) is 0.467. The molecule has 0 bridgehead atoms. The summed E-state index contributed by atoms with van der Waals surface area (Å²) in [5.41, 5.74) is 1.26. The minimum absolute atomic E-state index is 0.200. The van der Waals surface area contributed by atoms with E-state index in [0.29, 0.717) is 0 Å². The number of aliphatic hydroxyl groups is 1. The lowest BCUT2D eigenvalue weighted by Gasteiger charge is -2.28. The number of aromatic nitrogens is 3. The van der Waals surface area contributed by atoms with Gasteiger partial charge in [0.1, 0.15) is 12.2 Å². The van der Waals surface area contributed by atoms with Crippen molar-refractivity contribution in [1.29, 1.82) is 0 Å². The van der Waals surface area contributed by atoms with E-state index < -0.39 is 0 Å². The molecule has 1 N–H and O–H groups in total. The van der Waals surface area contributed by atoms with Crippen LogP contribution in [0, 0.1) is 0 Å². The SMILES string of the molecule is CC(CCO)N(Cc1ccccc1)Cc1nncn1C. The molecular formula is C15H22N4O. The number of hydrogen-bond acceptors (Lipinski definition) is 4. The second kappa shape index (κ2) is 7.17. The molecule has 108 valence electrons. The Bertz CT molecular complexity index is 512. The molecule has 0 saturated heterocycles. The maximum Gasteiger partial charge on any atom is 0.146 e. The predicted octanol–water partition coefficient (Wildman–Crippen LogP) is 1.59. The Morgan fingerprint density at radius 1 is 1.25 bits per heavy atom. The Balaban J connectivity index is 2.10. The lowest BCUT2D eigenvalue weighted by Crippen LogP contribution is -2.33. The van der Waals surface area contributed by atoms with Crippen LogP contribution >= 0.6 is 0 Å². The maximum absolute atomic E-state index is 9.17. The first kappa shape index (κ1) is 14.7. The van der Waals surface area contributed by atoms with Gasteiger partial charge in [-0.3, -0.25) is 4.90 Å². The van der Waals surface area contributed by atoms with Crippen LogP contribution in [0.2, 0.25) is 0 Å². The van der Waals surface area contributed by atoms with Gasteiger partial charge in [-0.1, -0.05) is 30.3 Å². The molecule has 0 radical (unpaired) electrons. The molecule has 0 saturated carbocycles. The molecule has 1 heterocycles. The van der Waals surface area contributed by atoms with E-state index in [-0.39, 0.29) is 12.6 Å². The lowest BCUT2D eigenvalue weighted by atomic mass is 10.1. The molecule has 5 nitrogen and oxygen atoms in total. The number of rotatable bonds is 7. The smallest absolute Gasteiger partial charge is 0.146 e. The van der Waals surface area contributed by atoms with Crippen LogP contribution in [0.1, 0.15) is 24.7 Å². The first-order valence-corrected chi connectivity index (χ1v) is 6.92. The number of benzene rings is 1. The Labute approximate surface area is 119 Å². The molecule has 0 spiro atoms. The molecule has 0 aliphatic rings. The van der Waals surface area contributed by atoms with Crippen LogP contribution in [0.4, 0.5) is 0 Å². The van der Waals surface area contributed by atoms with E-state index in [2.05, 4.69) is 34.2 Å². The van der Waals surface area contributed by atoms with E-state index in [1.165, 1.54) is 5.56 Å². The molecule has 0 aliphatic carbocycles. The van der Waals surface area contributed by atoms with Crippen molar-refractivity contribution in [3.05, 3.63) is 48.0 Å². The fourth-order valence-corrected chi connectivity index (χ4v) is 2.19. The third kappa shape index (κ3) is 3.88. The van der Waals surface area contributed by atoms with Crippen molar-refractivity contribution in [2.24, 2.45) is 7.05 Å². The van der Waals surface area contributed by atoms with Crippen LogP contribution in [-0.4, -0.2) is 37.4 Å². The third-order valence-electron chi connectivity index (χ3n) is 3.55. The second-order valence-corrected chi connectivity index (χ2v) is 5.11. The standard InChI is InChI=1S/C15H22N4O/c1-13(8-9-20)19(10-14-6-4-3-5-7-14)11-15-17-16-12-18(15)2/h3-7,12-13,20H,8-11H2,1-2H3. The Morgan fingerprint density at radius 2 is 2.00 bits per heavy atom. The summed E-state index contributed by atoms with van der Waals surface area (Å²) in [5, 5.41) is 17.2. The normalized spacial score (nSPS) is 12.8. The van der Waals surface area contributed by atoms with Gasteiger partial charge in [0.2, 0.25) is 0 Å². The van der Waals surface area contributed by atoms with Gasteiger partial charge in [0.05, 0.1) is 6.54 Å². The molecule has 1 atom stereocenters. The zero-order valence-electron chi connectivity index (χ0n) is 12.1. The van der Waals surface area contributed by atoms with Gasteiger partial charge < -0.3 is 9.67 Å². The van der Waals surface area contributed by atoms with Gasteiger partial charge in [0.25, 0.3) is 0 Å². The second-order valence-electron chi connectivity index (χ2n) is 5.11. The lowest BCUT2D eigenvalue weighted by molar-refractivity contribution is 0.149. The molecular weight excluding hydrogens is 252 g/mol. The van der Waals surface area contributed by atoms with Crippen molar-refractivity contribution in [2.45, 2.75) is 32.5 Å². The zero-order chi connectivity index (χ0) is 14.4. The van der Waals surface area contributed by atoms with E-state index in [9.17, 15) is 5.11 Å². The summed E-state index contributed by atoms with van der Waals surface area (Å²) in [7, 11) is 1.95. The highest BCUT2D eigenvalue weighted by molar-refractivity contribution is 5.14. The number of aliphatic hydroxyl groups excluding tert-OH is 1. The van der Waals surface area contributed by atoms with Gasteiger partial charge in [-0.2, -0.15) is 0 Å². The van der Waals surface area contributed by atoms with E-state index in [0.717, 1.165) is 25.3 Å². The van der Waals surface area contributed by atoms with Crippen molar-refractivity contribution in [3.8, 4) is 0 Å². The molecule has 0 fully saturated rings. The highest BCUT2D eigenvalue weighted by Gasteiger charge is 2.16. The first-order valence-electron chi connectivity index (χ1n) is 6.92. The van der Waals surface area contributed by atoms with Crippen molar-refractivity contribution < 1.29 is 5.11 Å². The van der Waals surface area contributed by atoms with Gasteiger partial charge in [0, 0.05) is 26.2 Å². The summed E-state index contributed by atoms with van der Waals surface area (Å²) >= 11 is 0. The molecule has 1 unspecified atom stereocenters. The van der Waals surface area contributed by atoms with E-state index >= 15 is 0 Å². The van der Waals surface area contributed by atoms with Gasteiger partial charge in [-0.25, -0.2) is 0 Å². The van der Waals surface area contributed by atoms with Crippen molar-refractivity contribution in [1.82, 2.24) is 19.7 Å². The van der Waals surface area contributed by atoms with Crippen molar-refractivity contribution in [3.63, 3.8) is 0 Å². The summed E-state index contributed by atoms with van der Waals surface area (Å²) in [4.78, 5) is 2.32. The Hall–Kier alpha value is -1.72. The fourth-order valence-electron chi connectivity index (χ4n) is 2.19. The Morgan fingerprint density at radius 3 is 2.60 bits per heavy atom. The Kier molecular flexibility index (Phi) is 5.26. The number of nitrogens with zero attached hydrogens (tertiary/aromatic N) is 4. The average molecular weight is 274 g/mol. The summed E-state index contributed by atoms with van der Waals surface area (Å²) in [6.07, 6.45) is 2.47. The highest BCUT2D eigenvalue weighted by Crippen LogP contribution is 2.13. The number of hydrogen-bond donors (Lipinski definition) is 1. The minimum Gasteiger partial charge on any atom is -0.396 e. The van der Waals surface area contributed by atoms with Crippen LogP contribution in [0.5, 0.6) is 0 Å². The van der Waals surface area contributed by atoms with Crippen molar-refractivity contribution in [2.75, 3.05) is 6.61 Å². The topological polar surface area (TPSA) is 54.2 Å². The number of aryl methyl sites for hydroxylation is 1. The summed E-state index contributed by atoms with van der Waals surface area (Å²) in [5.74, 6) is 0.936. The molecule has 0 amide bonds. The summed E-state index contributed by atoms with van der Waals surface area (Å²) < 4.78 is 1.93. The first-order chi connectivity index (χ1) is 9.70. The molecule has 1 aromatic heterocycles. The van der Waals surface area contributed by atoms with E-state index in [1.54, 1.807) is 6.33 Å². The third-order valence-corrected chi connectivity index (χ3v) is 3.55. The predicted molar refractivity (Wildman–Crippen MR) is 77.9 cm³/mol. The van der Waals surface area contributed by atoms with Gasteiger partial charge in [-0.15, -0.1) is 10.2 Å². The van der Waals surface area contributed by atoms with Gasteiger partial charge >= 0.3 is 0 Å². The van der Waals surface area contributed by atoms with Crippen LogP contribution in [0.25, 0.3) is 0 Å². The van der Waals surface area contributed by atoms with Crippen LogP contribution in [-0.2, 0) is 20.1 Å². The van der Waals surface area contributed by atoms with E-state index in [4.69, 9.17) is 0 Å². The van der Waals surface area contributed by atoms with Gasteiger partial charge in [-0.05, 0) is 18.9 Å². The quantitative estimate of drug-likeness (QED) is 0.833. The molecule has 2 rings (SSSR count). The molecule has 5 heteroatoms. The van der Waals surface area contributed by atoms with Crippen molar-refractivity contribution >= 4 is 0 Å². The molecule has 2 aromatic rings. The zero-order valence-corrected chi connectivity index (χ0v) is 12.1. The molecule has 1 aromatic carbocycles. The average Bonchev–Trinajstić information content (AvgIpc) is 2.85.